The summed E-state index contributed by atoms with van der Waals surface area (Å²) in [5.41, 5.74) is 4.32. The zero-order valence-electron chi connectivity index (χ0n) is 19.3. The van der Waals surface area contributed by atoms with E-state index in [4.69, 9.17) is 14.7 Å². The summed E-state index contributed by atoms with van der Waals surface area (Å²) in [4.78, 5) is 29.7. The van der Waals surface area contributed by atoms with Crippen molar-refractivity contribution in [1.82, 2.24) is 39.0 Å². The molecular formula is C24H22N10O. The Morgan fingerprint density at radius 3 is 2.54 bits per heavy atom. The third kappa shape index (κ3) is 3.64. The first-order valence-corrected chi connectivity index (χ1v) is 11.3. The molecule has 5 aromatic rings. The molecule has 6 rings (SSSR count). The lowest BCUT2D eigenvalue weighted by atomic mass is 10.1. The van der Waals surface area contributed by atoms with Crippen molar-refractivity contribution in [3.05, 3.63) is 48.7 Å². The second kappa shape index (κ2) is 8.41. The smallest absolute Gasteiger partial charge is 0.237 e. The Balaban J connectivity index is 1.53. The molecule has 0 bridgehead atoms. The van der Waals surface area contributed by atoms with Gasteiger partial charge in [0.15, 0.2) is 5.65 Å². The zero-order valence-corrected chi connectivity index (χ0v) is 19.3. The fourth-order valence-corrected chi connectivity index (χ4v) is 4.40. The molecule has 1 aliphatic rings. The van der Waals surface area contributed by atoms with Gasteiger partial charge in [0.1, 0.15) is 17.7 Å². The van der Waals surface area contributed by atoms with E-state index in [0.29, 0.717) is 36.2 Å². The average Bonchev–Trinajstić information content (AvgIpc) is 3.50. The van der Waals surface area contributed by atoms with E-state index in [1.54, 1.807) is 41.6 Å². The van der Waals surface area contributed by atoms with Crippen LogP contribution in [0.15, 0.2) is 43.1 Å². The molecule has 5 heterocycles. The number of nitrogens with zero attached hydrogens (tertiary/aromatic N) is 10. The first kappa shape index (κ1) is 21.1. The molecule has 11 nitrogen and oxygen atoms in total. The third-order valence-electron chi connectivity index (χ3n) is 6.16. The van der Waals surface area contributed by atoms with E-state index in [1.807, 2.05) is 25.1 Å². The van der Waals surface area contributed by atoms with Gasteiger partial charge in [-0.15, -0.1) is 0 Å². The Morgan fingerprint density at radius 1 is 1.00 bits per heavy atom. The van der Waals surface area contributed by atoms with Crippen molar-refractivity contribution in [2.45, 2.75) is 18.9 Å². The molecular weight excluding hydrogens is 444 g/mol. The van der Waals surface area contributed by atoms with Crippen LogP contribution in [0.3, 0.4) is 0 Å². The summed E-state index contributed by atoms with van der Waals surface area (Å²) in [6.07, 6.45) is 8.70. The van der Waals surface area contributed by atoms with E-state index in [2.05, 4.69) is 30.6 Å². The summed E-state index contributed by atoms with van der Waals surface area (Å²) >= 11 is 0. The lowest BCUT2D eigenvalue weighted by molar-refractivity contribution is 0.0708. The average molecular weight is 467 g/mol. The highest BCUT2D eigenvalue weighted by atomic mass is 16.5. The van der Waals surface area contributed by atoms with E-state index in [1.165, 1.54) is 0 Å². The molecule has 35 heavy (non-hydrogen) atoms. The molecule has 1 aliphatic heterocycles. The van der Waals surface area contributed by atoms with Crippen molar-refractivity contribution >= 4 is 28.1 Å². The van der Waals surface area contributed by atoms with Crippen LogP contribution in [-0.4, -0.2) is 66.3 Å². The molecule has 1 aromatic carbocycles. The summed E-state index contributed by atoms with van der Waals surface area (Å²) in [7, 11) is 3.81. The fourth-order valence-electron chi connectivity index (χ4n) is 4.40. The number of fused-ring (bicyclic) bond motifs is 2. The number of nitriles is 1. The van der Waals surface area contributed by atoms with Crippen LogP contribution in [0.5, 0.6) is 0 Å². The minimum absolute atomic E-state index is 0.171. The lowest BCUT2D eigenvalue weighted by Gasteiger charge is -2.25. The number of rotatable bonds is 4. The van der Waals surface area contributed by atoms with Crippen molar-refractivity contribution in [3.63, 3.8) is 0 Å². The van der Waals surface area contributed by atoms with Crippen LogP contribution in [0.4, 0.5) is 5.95 Å². The maximum absolute atomic E-state index is 9.33. The minimum atomic E-state index is 0.171. The van der Waals surface area contributed by atoms with Gasteiger partial charge in [0.2, 0.25) is 11.9 Å². The predicted molar refractivity (Wildman–Crippen MR) is 129 cm³/mol. The molecule has 4 aromatic heterocycles. The van der Waals surface area contributed by atoms with Gasteiger partial charge in [-0.25, -0.2) is 24.9 Å². The van der Waals surface area contributed by atoms with Crippen LogP contribution < -0.4 is 4.90 Å². The monoisotopic (exact) mass is 466 g/mol. The van der Waals surface area contributed by atoms with Crippen LogP contribution in [0.2, 0.25) is 0 Å². The van der Waals surface area contributed by atoms with Crippen LogP contribution in [-0.2, 0) is 4.74 Å². The number of hydrogen-bond acceptors (Lipinski definition) is 9. The van der Waals surface area contributed by atoms with Crippen LogP contribution in [0.25, 0.3) is 39.5 Å². The largest absolute Gasteiger partial charge is 0.381 e. The van der Waals surface area contributed by atoms with Crippen LogP contribution in [0, 0.1) is 11.3 Å². The maximum Gasteiger partial charge on any atom is 0.237 e. The highest BCUT2D eigenvalue weighted by Gasteiger charge is 2.25. The van der Waals surface area contributed by atoms with Crippen molar-refractivity contribution in [3.8, 4) is 23.4 Å². The number of aromatic nitrogens is 8. The van der Waals surface area contributed by atoms with Gasteiger partial charge in [0, 0.05) is 45.7 Å². The maximum atomic E-state index is 9.33. The summed E-state index contributed by atoms with van der Waals surface area (Å²) < 4.78 is 9.58. The molecule has 0 spiro atoms. The molecule has 0 aliphatic carbocycles. The quantitative estimate of drug-likeness (QED) is 0.393. The third-order valence-corrected chi connectivity index (χ3v) is 6.16. The lowest BCUT2D eigenvalue weighted by Crippen LogP contribution is -2.21. The van der Waals surface area contributed by atoms with Crippen molar-refractivity contribution in [2.24, 2.45) is 0 Å². The molecule has 1 fully saturated rings. The molecule has 0 radical (unpaired) electrons. The Hall–Kier alpha value is -4.43. The minimum Gasteiger partial charge on any atom is -0.381 e. The predicted octanol–water partition coefficient (Wildman–Crippen LogP) is 2.91. The normalized spacial score (nSPS) is 14.4. The van der Waals surface area contributed by atoms with Gasteiger partial charge in [0.25, 0.3) is 0 Å². The van der Waals surface area contributed by atoms with Gasteiger partial charge >= 0.3 is 0 Å². The molecule has 1 saturated heterocycles. The van der Waals surface area contributed by atoms with E-state index >= 15 is 0 Å². The SMILES string of the molecule is CN(C)c1ncc(-c2nc3cnc(-n4cnc5ccc(C#N)cc54)nc3n2C2CCOCC2)cn1. The molecule has 174 valence electrons. The van der Waals surface area contributed by atoms with Gasteiger partial charge in [0.05, 0.1) is 34.4 Å². The highest BCUT2D eigenvalue weighted by Crippen LogP contribution is 2.32. The molecule has 11 heteroatoms. The first-order valence-electron chi connectivity index (χ1n) is 11.3. The second-order valence-electron chi connectivity index (χ2n) is 8.62. The van der Waals surface area contributed by atoms with Crippen LogP contribution >= 0.6 is 0 Å². The van der Waals surface area contributed by atoms with Gasteiger partial charge in [-0.05, 0) is 31.0 Å². The molecule has 0 amide bonds. The zero-order chi connectivity index (χ0) is 23.9. The van der Waals surface area contributed by atoms with Gasteiger partial charge in [-0.2, -0.15) is 10.2 Å². The van der Waals surface area contributed by atoms with Crippen molar-refractivity contribution in [2.75, 3.05) is 32.2 Å². The fraction of sp³-hybridized carbons (Fsp3) is 0.292. The van der Waals surface area contributed by atoms with Crippen molar-refractivity contribution < 1.29 is 4.74 Å². The van der Waals surface area contributed by atoms with Gasteiger partial charge in [-0.3, -0.25) is 4.57 Å². The topological polar surface area (TPSA) is 123 Å². The number of anilines is 1. The molecule has 0 atom stereocenters. The Morgan fingerprint density at radius 2 is 1.80 bits per heavy atom. The molecule has 0 N–H and O–H groups in total. The van der Waals surface area contributed by atoms with E-state index < -0.39 is 0 Å². The first-order chi connectivity index (χ1) is 17.1. The van der Waals surface area contributed by atoms with Crippen LogP contribution in [0.1, 0.15) is 24.4 Å². The second-order valence-corrected chi connectivity index (χ2v) is 8.62. The number of imidazole rings is 2. The van der Waals surface area contributed by atoms with Gasteiger partial charge in [-0.1, -0.05) is 0 Å². The summed E-state index contributed by atoms with van der Waals surface area (Å²) in [5, 5.41) is 9.33. The molecule has 0 unspecified atom stereocenters. The van der Waals surface area contributed by atoms with E-state index in [0.717, 1.165) is 40.9 Å². The summed E-state index contributed by atoms with van der Waals surface area (Å²) in [6, 6.07) is 7.72. The number of ether oxygens (including phenoxy) is 1. The number of hydrogen-bond donors (Lipinski definition) is 0. The Kier molecular flexibility index (Phi) is 5.08. The summed E-state index contributed by atoms with van der Waals surface area (Å²) in [5.74, 6) is 1.85. The highest BCUT2D eigenvalue weighted by molar-refractivity contribution is 5.80. The van der Waals surface area contributed by atoms with Gasteiger partial charge < -0.3 is 14.2 Å². The van der Waals surface area contributed by atoms with Crippen molar-refractivity contribution in [1.29, 1.82) is 5.26 Å². The Bertz CT molecular complexity index is 1570. The molecule has 0 saturated carbocycles. The Labute approximate surface area is 200 Å². The summed E-state index contributed by atoms with van der Waals surface area (Å²) in [6.45, 7) is 1.36. The standard InChI is InChI=1S/C24H22N10O/c1-32(2)23-26-11-16(12-27-23)21-30-19-13-28-24(31-22(19)34(21)17-5-7-35-8-6-17)33-14-29-18-4-3-15(10-25)9-20(18)33/h3-4,9,11-14,17H,5-8H2,1-2H3. The van der Waals surface area contributed by atoms with E-state index in [-0.39, 0.29) is 6.04 Å². The number of benzene rings is 1. The van der Waals surface area contributed by atoms with E-state index in [9.17, 15) is 5.26 Å².